The van der Waals surface area contributed by atoms with Gasteiger partial charge in [-0.05, 0) is 29.7 Å². The van der Waals surface area contributed by atoms with Crippen LogP contribution < -0.4 is 10.1 Å². The number of carbonyl (C=O) groups excluding carboxylic acids is 1. The number of benzene rings is 2. The topological polar surface area (TPSA) is 78.3 Å². The van der Waals surface area contributed by atoms with Gasteiger partial charge >= 0.3 is 0 Å². The number of ether oxygens (including phenoxy) is 2. The van der Waals surface area contributed by atoms with E-state index in [0.29, 0.717) is 19.7 Å². The number of nitrogens with zero attached hydrogens (tertiary/aromatic N) is 3. The quantitative estimate of drug-likeness (QED) is 0.436. The fraction of sp³-hybridized carbons (Fsp3) is 0.348. The number of methoxy groups -OCH3 is 2. The molecule has 31 heavy (non-hydrogen) atoms. The summed E-state index contributed by atoms with van der Waals surface area (Å²) < 4.78 is 12.4. The van der Waals surface area contributed by atoms with E-state index in [1.54, 1.807) is 14.2 Å². The molecule has 3 rings (SSSR count). The van der Waals surface area contributed by atoms with Gasteiger partial charge in [-0.25, -0.2) is 0 Å². The van der Waals surface area contributed by atoms with Crippen LogP contribution in [0.5, 0.6) is 5.75 Å². The maximum absolute atomic E-state index is 12.3. The van der Waals surface area contributed by atoms with Crippen molar-refractivity contribution in [3.63, 3.8) is 0 Å². The van der Waals surface area contributed by atoms with Crippen molar-refractivity contribution >= 4 is 17.7 Å². The van der Waals surface area contributed by atoms with Gasteiger partial charge in [0.1, 0.15) is 11.6 Å². The first-order chi connectivity index (χ1) is 15.2. The molecule has 0 atom stereocenters. The van der Waals surface area contributed by atoms with Crippen LogP contribution in [0.25, 0.3) is 0 Å². The van der Waals surface area contributed by atoms with Crippen LogP contribution in [0.2, 0.25) is 0 Å². The average Bonchev–Trinajstić information content (AvgIpc) is 3.21. The van der Waals surface area contributed by atoms with E-state index in [-0.39, 0.29) is 11.7 Å². The molecule has 0 saturated carbocycles. The van der Waals surface area contributed by atoms with Gasteiger partial charge in [-0.3, -0.25) is 4.79 Å². The Labute approximate surface area is 187 Å². The highest BCUT2D eigenvalue weighted by atomic mass is 32.2. The summed E-state index contributed by atoms with van der Waals surface area (Å²) >= 11 is 1.39. The standard InChI is InChI=1S/C23H28N4O3S/c1-29-15-14-27-21(13-10-18-6-4-3-5-7-18)25-26-23(27)31-17-22(28)24-16-19-8-11-20(30-2)12-9-19/h3-9,11-12H,10,13-17H2,1-2H3,(H,24,28). The van der Waals surface area contributed by atoms with Crippen LogP contribution in [-0.4, -0.2) is 47.3 Å². The minimum absolute atomic E-state index is 0.0482. The number of nitrogens with one attached hydrogen (secondary N) is 1. The third-order valence-corrected chi connectivity index (χ3v) is 5.74. The molecule has 0 aliphatic carbocycles. The molecular formula is C23H28N4O3S. The van der Waals surface area contributed by atoms with E-state index in [2.05, 4.69) is 27.6 Å². The number of rotatable bonds is 12. The van der Waals surface area contributed by atoms with Gasteiger partial charge in [0.05, 0.1) is 19.5 Å². The summed E-state index contributed by atoms with van der Waals surface area (Å²) in [6.07, 6.45) is 1.67. The van der Waals surface area contributed by atoms with Gasteiger partial charge < -0.3 is 19.4 Å². The lowest BCUT2D eigenvalue weighted by atomic mass is 10.1. The maximum atomic E-state index is 12.3. The Bertz CT molecular complexity index is 945. The smallest absolute Gasteiger partial charge is 0.230 e. The van der Waals surface area contributed by atoms with Crippen LogP contribution in [0.4, 0.5) is 0 Å². The number of hydrogen-bond donors (Lipinski definition) is 1. The zero-order valence-electron chi connectivity index (χ0n) is 17.9. The second kappa shape index (κ2) is 12.1. The summed E-state index contributed by atoms with van der Waals surface area (Å²) in [5, 5.41) is 12.4. The van der Waals surface area contributed by atoms with Gasteiger partial charge in [0, 0.05) is 26.6 Å². The second-order valence-corrected chi connectivity index (χ2v) is 7.88. The van der Waals surface area contributed by atoms with E-state index < -0.39 is 0 Å². The summed E-state index contributed by atoms with van der Waals surface area (Å²) in [4.78, 5) is 12.3. The summed E-state index contributed by atoms with van der Waals surface area (Å²) in [6.45, 7) is 1.69. The molecule has 0 radical (unpaired) electrons. The second-order valence-electron chi connectivity index (χ2n) is 6.94. The monoisotopic (exact) mass is 440 g/mol. The number of amides is 1. The first kappa shape index (κ1) is 22.8. The molecule has 0 fully saturated rings. The summed E-state index contributed by atoms with van der Waals surface area (Å²) in [5.74, 6) is 1.93. The van der Waals surface area contributed by atoms with Crippen molar-refractivity contribution in [1.29, 1.82) is 0 Å². The first-order valence-corrected chi connectivity index (χ1v) is 11.2. The van der Waals surface area contributed by atoms with E-state index in [4.69, 9.17) is 9.47 Å². The molecule has 0 saturated heterocycles. The molecule has 0 aliphatic rings. The maximum Gasteiger partial charge on any atom is 0.230 e. The van der Waals surface area contributed by atoms with Crippen LogP contribution >= 0.6 is 11.8 Å². The summed E-state index contributed by atoms with van der Waals surface area (Å²) in [5.41, 5.74) is 2.28. The van der Waals surface area contributed by atoms with Crippen molar-refractivity contribution < 1.29 is 14.3 Å². The Kier molecular flexibility index (Phi) is 8.93. The van der Waals surface area contributed by atoms with Gasteiger partial charge in [0.25, 0.3) is 0 Å². The number of thioether (sulfide) groups is 1. The fourth-order valence-corrected chi connectivity index (χ4v) is 3.86. The summed E-state index contributed by atoms with van der Waals surface area (Å²) in [7, 11) is 3.31. The molecule has 1 amide bonds. The SMILES string of the molecule is COCCn1c(CCc2ccccc2)nnc1SCC(=O)NCc1ccc(OC)cc1. The van der Waals surface area contributed by atoms with Crippen molar-refractivity contribution in [2.45, 2.75) is 31.1 Å². The molecular weight excluding hydrogens is 412 g/mol. The molecule has 164 valence electrons. The van der Waals surface area contributed by atoms with Crippen LogP contribution in [-0.2, 0) is 35.5 Å². The molecule has 7 nitrogen and oxygen atoms in total. The molecule has 1 heterocycles. The van der Waals surface area contributed by atoms with Gasteiger partial charge in [0.15, 0.2) is 5.16 Å². The molecule has 0 bridgehead atoms. The van der Waals surface area contributed by atoms with Gasteiger partial charge in [-0.1, -0.05) is 54.2 Å². The Balaban J connectivity index is 1.54. The zero-order chi connectivity index (χ0) is 21.9. The van der Waals surface area contributed by atoms with Crippen LogP contribution in [0.1, 0.15) is 17.0 Å². The Morgan fingerprint density at radius 3 is 2.48 bits per heavy atom. The lowest BCUT2D eigenvalue weighted by Crippen LogP contribution is -2.24. The highest BCUT2D eigenvalue weighted by molar-refractivity contribution is 7.99. The first-order valence-electron chi connectivity index (χ1n) is 10.2. The molecule has 1 aromatic heterocycles. The van der Waals surface area contributed by atoms with E-state index in [0.717, 1.165) is 35.1 Å². The highest BCUT2D eigenvalue weighted by Crippen LogP contribution is 2.18. The van der Waals surface area contributed by atoms with E-state index in [1.165, 1.54) is 17.3 Å². The predicted octanol–water partition coefficient (Wildman–Crippen LogP) is 3.13. The van der Waals surface area contributed by atoms with Crippen LogP contribution in [0.15, 0.2) is 59.8 Å². The fourth-order valence-electron chi connectivity index (χ4n) is 3.04. The van der Waals surface area contributed by atoms with Crippen molar-refractivity contribution in [1.82, 2.24) is 20.1 Å². The van der Waals surface area contributed by atoms with Crippen molar-refractivity contribution in [3.8, 4) is 5.75 Å². The summed E-state index contributed by atoms with van der Waals surface area (Å²) in [6, 6.07) is 17.9. The highest BCUT2D eigenvalue weighted by Gasteiger charge is 2.14. The molecule has 2 aromatic carbocycles. The lowest BCUT2D eigenvalue weighted by molar-refractivity contribution is -0.118. The average molecular weight is 441 g/mol. The number of carbonyl (C=O) groups is 1. The predicted molar refractivity (Wildman–Crippen MR) is 121 cm³/mol. The van der Waals surface area contributed by atoms with Crippen molar-refractivity contribution in [2.75, 3.05) is 26.6 Å². The van der Waals surface area contributed by atoms with E-state index in [9.17, 15) is 4.79 Å². The third kappa shape index (κ3) is 7.11. The Morgan fingerprint density at radius 1 is 1.00 bits per heavy atom. The van der Waals surface area contributed by atoms with Crippen LogP contribution in [0.3, 0.4) is 0 Å². The largest absolute Gasteiger partial charge is 0.497 e. The zero-order valence-corrected chi connectivity index (χ0v) is 18.7. The van der Waals surface area contributed by atoms with E-state index >= 15 is 0 Å². The van der Waals surface area contributed by atoms with Crippen molar-refractivity contribution in [3.05, 3.63) is 71.5 Å². The lowest BCUT2D eigenvalue weighted by Gasteiger charge is -2.10. The molecule has 3 aromatic rings. The van der Waals surface area contributed by atoms with Gasteiger partial charge in [0.2, 0.25) is 5.91 Å². The number of aryl methyl sites for hydroxylation is 2. The minimum Gasteiger partial charge on any atom is -0.497 e. The number of hydrogen-bond acceptors (Lipinski definition) is 6. The number of aromatic nitrogens is 3. The van der Waals surface area contributed by atoms with E-state index in [1.807, 2.05) is 47.0 Å². The van der Waals surface area contributed by atoms with Crippen LogP contribution in [0, 0.1) is 0 Å². The minimum atomic E-state index is -0.0482. The van der Waals surface area contributed by atoms with Gasteiger partial charge in [-0.2, -0.15) is 0 Å². The van der Waals surface area contributed by atoms with Crippen molar-refractivity contribution in [2.24, 2.45) is 0 Å². The van der Waals surface area contributed by atoms with Gasteiger partial charge in [-0.15, -0.1) is 10.2 Å². The molecule has 1 N–H and O–H groups in total. The molecule has 0 aliphatic heterocycles. The Morgan fingerprint density at radius 2 is 1.77 bits per heavy atom. The third-order valence-electron chi connectivity index (χ3n) is 4.77. The molecule has 0 spiro atoms. The molecule has 0 unspecified atom stereocenters. The molecule has 8 heteroatoms. The normalized spacial score (nSPS) is 10.8. The Hall–Kier alpha value is -2.84.